The molecule has 1 aromatic heterocycles. The number of rotatable bonds is 3. The molecule has 0 unspecified atom stereocenters. The van der Waals surface area contributed by atoms with Gasteiger partial charge in [0.05, 0.1) is 14.3 Å². The molecule has 1 aliphatic carbocycles. The fourth-order valence-electron chi connectivity index (χ4n) is 4.87. The zero-order valence-corrected chi connectivity index (χ0v) is 20.3. The number of thiophene rings is 1. The van der Waals surface area contributed by atoms with Crippen molar-refractivity contribution in [2.75, 3.05) is 0 Å². The second kappa shape index (κ2) is 7.07. The first kappa shape index (κ1) is 19.8. The molecule has 3 nitrogen and oxygen atoms in total. The van der Waals surface area contributed by atoms with E-state index in [-0.39, 0.29) is 5.78 Å². The van der Waals surface area contributed by atoms with E-state index in [1.807, 2.05) is 12.1 Å². The van der Waals surface area contributed by atoms with Crippen LogP contribution in [-0.2, 0) is 4.79 Å². The van der Waals surface area contributed by atoms with E-state index in [0.29, 0.717) is 16.8 Å². The van der Waals surface area contributed by atoms with Crippen molar-refractivity contribution in [1.82, 2.24) is 0 Å². The van der Waals surface area contributed by atoms with Gasteiger partial charge in [-0.15, -0.1) is 11.3 Å². The van der Waals surface area contributed by atoms with Crippen LogP contribution in [0.3, 0.4) is 0 Å². The molecule has 2 heterocycles. The number of phenols is 1. The van der Waals surface area contributed by atoms with E-state index in [9.17, 15) is 9.90 Å². The summed E-state index contributed by atoms with van der Waals surface area (Å²) in [6.45, 7) is 9.03. The van der Waals surface area contributed by atoms with Crippen LogP contribution in [0.5, 0.6) is 5.75 Å². The molecular weight excluding hydrogens is 497 g/mol. The lowest BCUT2D eigenvalue weighted by Gasteiger charge is -2.46. The minimum atomic E-state index is -2.41. The number of carbonyl (C=O) groups excluding carboxylic acids is 1. The molecule has 1 aromatic carbocycles. The summed E-state index contributed by atoms with van der Waals surface area (Å²) >= 11 is 4.00. The molecule has 0 fully saturated rings. The Kier molecular flexibility index (Phi) is 5.00. The van der Waals surface area contributed by atoms with Crippen LogP contribution in [0.4, 0.5) is 5.69 Å². The van der Waals surface area contributed by atoms with Crippen LogP contribution >= 0.6 is 33.9 Å². The molecule has 144 valence electrons. The zero-order chi connectivity index (χ0) is 20.2. The van der Waals surface area contributed by atoms with Crippen LogP contribution in [0.1, 0.15) is 27.7 Å². The molecule has 0 atom stereocenters. The summed E-state index contributed by atoms with van der Waals surface area (Å²) in [6, 6.07) is 7.86. The second-order valence-corrected chi connectivity index (χ2v) is 16.0. The Bertz CT molecular complexity index is 1070. The van der Waals surface area contributed by atoms with E-state index in [0.717, 1.165) is 27.0 Å². The number of hydrogen-bond acceptors (Lipinski definition) is 4. The number of ketones is 1. The van der Waals surface area contributed by atoms with Gasteiger partial charge < -0.3 is 5.11 Å². The summed E-state index contributed by atoms with van der Waals surface area (Å²) in [7, 11) is -2.41. The van der Waals surface area contributed by atoms with Crippen molar-refractivity contribution >= 4 is 64.4 Å². The maximum absolute atomic E-state index is 12.3. The highest BCUT2D eigenvalue weighted by Gasteiger charge is 2.52. The van der Waals surface area contributed by atoms with Gasteiger partial charge in [-0.3, -0.25) is 4.79 Å². The van der Waals surface area contributed by atoms with E-state index in [2.05, 4.69) is 62.4 Å². The number of halogens is 1. The highest BCUT2D eigenvalue weighted by Crippen LogP contribution is 2.48. The van der Waals surface area contributed by atoms with Crippen LogP contribution < -0.4 is 5.19 Å². The first-order valence-corrected chi connectivity index (χ1v) is 13.5. The fourth-order valence-corrected chi connectivity index (χ4v) is 12.8. The van der Waals surface area contributed by atoms with Gasteiger partial charge in [-0.1, -0.05) is 27.7 Å². The van der Waals surface area contributed by atoms with Crippen molar-refractivity contribution < 1.29 is 9.90 Å². The van der Waals surface area contributed by atoms with Gasteiger partial charge in [0.1, 0.15) is 13.8 Å². The predicted molar refractivity (Wildman–Crippen MR) is 129 cm³/mol. The second-order valence-electron chi connectivity index (χ2n) is 7.93. The number of carbonyl (C=O) groups is 1. The third-order valence-electron chi connectivity index (χ3n) is 5.87. The Morgan fingerprint density at radius 3 is 2.39 bits per heavy atom. The van der Waals surface area contributed by atoms with Crippen molar-refractivity contribution in [3.8, 4) is 16.2 Å². The van der Waals surface area contributed by atoms with E-state index in [1.165, 1.54) is 8.07 Å². The summed E-state index contributed by atoms with van der Waals surface area (Å²) in [6.07, 6.45) is 5.28. The van der Waals surface area contributed by atoms with Crippen molar-refractivity contribution in [2.45, 2.75) is 38.8 Å². The normalized spacial score (nSPS) is 17.5. The van der Waals surface area contributed by atoms with E-state index < -0.39 is 8.07 Å². The first-order chi connectivity index (χ1) is 13.3. The lowest BCUT2D eigenvalue weighted by atomic mass is 10.1. The molecular formula is C22H22INO2SSi. The van der Waals surface area contributed by atoms with Gasteiger partial charge in [0.15, 0.2) is 5.78 Å². The van der Waals surface area contributed by atoms with Gasteiger partial charge in [0, 0.05) is 10.4 Å². The zero-order valence-electron chi connectivity index (χ0n) is 16.3. The molecule has 0 bridgehead atoms. The summed E-state index contributed by atoms with van der Waals surface area (Å²) in [4.78, 5) is 18.3. The van der Waals surface area contributed by atoms with Gasteiger partial charge in [-0.2, -0.15) is 0 Å². The summed E-state index contributed by atoms with van der Waals surface area (Å²) in [5.74, 6) is 0.329. The third kappa shape index (κ3) is 2.80. The average Bonchev–Trinajstić information content (AvgIpc) is 3.05. The lowest BCUT2D eigenvalue weighted by Crippen LogP contribution is -2.59. The van der Waals surface area contributed by atoms with Gasteiger partial charge in [-0.25, -0.2) is 4.99 Å². The number of fused-ring (bicyclic) bond motifs is 2. The Hall–Kier alpha value is -1.51. The molecule has 1 aliphatic heterocycles. The largest absolute Gasteiger partial charge is 0.507 e. The van der Waals surface area contributed by atoms with Crippen molar-refractivity contribution in [3.63, 3.8) is 0 Å². The van der Waals surface area contributed by atoms with Crippen LogP contribution in [0.15, 0.2) is 52.7 Å². The molecule has 4 rings (SSSR count). The lowest BCUT2D eigenvalue weighted by molar-refractivity contribution is -0.110. The monoisotopic (exact) mass is 519 g/mol. The van der Waals surface area contributed by atoms with Gasteiger partial charge >= 0.3 is 0 Å². The topological polar surface area (TPSA) is 49.7 Å². The summed E-state index contributed by atoms with van der Waals surface area (Å²) in [5, 5.41) is 13.2. The van der Waals surface area contributed by atoms with Crippen LogP contribution in [-0.4, -0.2) is 24.7 Å². The van der Waals surface area contributed by atoms with Crippen LogP contribution in [0, 0.1) is 2.88 Å². The smallest absolute Gasteiger partial charge is 0.178 e. The average molecular weight is 519 g/mol. The van der Waals surface area contributed by atoms with E-state index in [4.69, 9.17) is 4.99 Å². The molecule has 2 aliphatic rings. The number of aliphatic imine (C=N–C) groups is 1. The quantitative estimate of drug-likeness (QED) is 0.312. The molecule has 0 spiro atoms. The fraction of sp³-hybridized carbons (Fsp3) is 0.273. The molecule has 0 radical (unpaired) electrons. The van der Waals surface area contributed by atoms with Crippen molar-refractivity contribution in [1.29, 1.82) is 0 Å². The van der Waals surface area contributed by atoms with E-state index in [1.54, 1.807) is 29.6 Å². The maximum atomic E-state index is 12.3. The number of hydrogen-bond donors (Lipinski definition) is 1. The molecule has 6 heteroatoms. The number of benzene rings is 1. The van der Waals surface area contributed by atoms with Crippen molar-refractivity contribution in [2.24, 2.45) is 4.99 Å². The molecule has 2 aromatic rings. The highest BCUT2D eigenvalue weighted by atomic mass is 127. The van der Waals surface area contributed by atoms with Gasteiger partial charge in [0.2, 0.25) is 0 Å². The minimum Gasteiger partial charge on any atom is -0.507 e. The first-order valence-electron chi connectivity index (χ1n) is 9.42. The summed E-state index contributed by atoms with van der Waals surface area (Å²) < 4.78 is 1.18. The predicted octanol–water partition coefficient (Wildman–Crippen LogP) is 5.89. The standard InChI is InChI=1S/C22H22INO2SSi/c1-12(2)28(13(3)4)19-11-14(25)5-6-15(19)24-16-7-8-17(26)21(22(16)28)18-9-10-20(23)27-18/h5-13,26H,1-4H3. The molecule has 28 heavy (non-hydrogen) atoms. The number of phenolic OH excluding ortho intramolecular Hbond substituents is 1. The molecule has 0 saturated heterocycles. The Morgan fingerprint density at radius 1 is 1.07 bits per heavy atom. The SMILES string of the molecule is CC(C)[Si]1(C(C)C)C2=CC(=O)C=CC2=Nc2ccc(O)c(-c3ccc(I)s3)c21. The van der Waals surface area contributed by atoms with Gasteiger partial charge in [0.25, 0.3) is 0 Å². The molecule has 0 amide bonds. The van der Waals surface area contributed by atoms with Crippen molar-refractivity contribution in [3.05, 3.63) is 50.6 Å². The number of aromatic hydroxyl groups is 1. The van der Waals surface area contributed by atoms with Crippen LogP contribution in [0.2, 0.25) is 11.1 Å². The van der Waals surface area contributed by atoms with Crippen LogP contribution in [0.25, 0.3) is 10.4 Å². The number of nitrogens with zero attached hydrogens (tertiary/aromatic N) is 1. The molecule has 0 saturated carbocycles. The van der Waals surface area contributed by atoms with Gasteiger partial charge in [-0.05, 0) is 86.5 Å². The Labute approximate surface area is 184 Å². The minimum absolute atomic E-state index is 0.0305. The highest BCUT2D eigenvalue weighted by molar-refractivity contribution is 14.1. The Balaban J connectivity index is 2.17. The number of allylic oxidation sites excluding steroid dienone is 4. The van der Waals surface area contributed by atoms with E-state index >= 15 is 0 Å². The molecule has 1 N–H and O–H groups in total. The maximum Gasteiger partial charge on any atom is 0.178 e. The summed E-state index contributed by atoms with van der Waals surface area (Å²) in [5.41, 5.74) is 3.46. The third-order valence-corrected chi connectivity index (χ3v) is 14.1. The Morgan fingerprint density at radius 2 is 1.79 bits per heavy atom.